The van der Waals surface area contributed by atoms with Gasteiger partial charge in [0.1, 0.15) is 10.1 Å². The predicted octanol–water partition coefficient (Wildman–Crippen LogP) is 4.12. The standard InChI is InChI=1S/C13H12Cl4N2O2/c1-6(8-3-7(14)4-9(15)10(8)20)18-19-11(21)12(2)5-13(12,16)17/h3-4,20H,5H2,1-2H3,(H,19,21)/b18-6-. The summed E-state index contributed by atoms with van der Waals surface area (Å²) in [6, 6.07) is 2.91. The number of hydrogen-bond acceptors (Lipinski definition) is 3. The lowest BCUT2D eigenvalue weighted by atomic mass is 10.1. The van der Waals surface area contributed by atoms with Gasteiger partial charge in [0.15, 0.2) is 0 Å². The Kier molecular flexibility index (Phi) is 4.37. The number of nitrogens with zero attached hydrogens (tertiary/aromatic N) is 1. The second-order valence-electron chi connectivity index (χ2n) is 5.14. The van der Waals surface area contributed by atoms with Crippen LogP contribution in [-0.2, 0) is 4.79 Å². The van der Waals surface area contributed by atoms with Crippen molar-refractivity contribution >= 4 is 58.0 Å². The number of phenols is 1. The van der Waals surface area contributed by atoms with E-state index in [-0.39, 0.29) is 16.7 Å². The summed E-state index contributed by atoms with van der Waals surface area (Å²) in [7, 11) is 0. The third-order valence-electron chi connectivity index (χ3n) is 3.50. The minimum atomic E-state index is -1.07. The summed E-state index contributed by atoms with van der Waals surface area (Å²) in [6.07, 6.45) is 0.359. The molecule has 1 aliphatic carbocycles. The maximum absolute atomic E-state index is 12.0. The summed E-state index contributed by atoms with van der Waals surface area (Å²) >= 11 is 23.6. The lowest BCUT2D eigenvalue weighted by Crippen LogP contribution is -2.30. The van der Waals surface area contributed by atoms with E-state index >= 15 is 0 Å². The molecule has 1 aromatic carbocycles. The summed E-state index contributed by atoms with van der Waals surface area (Å²) in [6.45, 7) is 3.26. The van der Waals surface area contributed by atoms with E-state index in [1.54, 1.807) is 13.8 Å². The smallest absolute Gasteiger partial charge is 0.249 e. The van der Waals surface area contributed by atoms with E-state index in [1.807, 2.05) is 0 Å². The highest BCUT2D eigenvalue weighted by atomic mass is 35.5. The van der Waals surface area contributed by atoms with Crippen LogP contribution in [0.15, 0.2) is 17.2 Å². The second-order valence-corrected chi connectivity index (χ2v) is 7.46. The van der Waals surface area contributed by atoms with Crippen molar-refractivity contribution in [3.8, 4) is 5.75 Å². The van der Waals surface area contributed by atoms with Crippen LogP contribution >= 0.6 is 46.4 Å². The van der Waals surface area contributed by atoms with Gasteiger partial charge >= 0.3 is 0 Å². The number of benzene rings is 1. The van der Waals surface area contributed by atoms with Gasteiger partial charge in [0.2, 0.25) is 5.91 Å². The van der Waals surface area contributed by atoms with Crippen molar-refractivity contribution in [2.24, 2.45) is 10.5 Å². The molecule has 0 radical (unpaired) electrons. The van der Waals surface area contributed by atoms with Crippen LogP contribution in [0.5, 0.6) is 5.75 Å². The Morgan fingerprint density at radius 3 is 2.48 bits per heavy atom. The molecule has 2 N–H and O–H groups in total. The first-order chi connectivity index (χ1) is 9.58. The maximum Gasteiger partial charge on any atom is 0.249 e. The van der Waals surface area contributed by atoms with Crippen molar-refractivity contribution in [2.75, 3.05) is 0 Å². The van der Waals surface area contributed by atoms with Gasteiger partial charge in [0.25, 0.3) is 0 Å². The van der Waals surface area contributed by atoms with Crippen LogP contribution in [0.4, 0.5) is 0 Å². The van der Waals surface area contributed by atoms with Gasteiger partial charge < -0.3 is 5.11 Å². The van der Waals surface area contributed by atoms with Crippen molar-refractivity contribution in [3.05, 3.63) is 27.7 Å². The molecule has 0 spiro atoms. The SMILES string of the molecule is C/C(=N/NC(=O)C1(C)CC1(Cl)Cl)c1cc(Cl)cc(Cl)c1O. The Hall–Kier alpha value is -0.680. The topological polar surface area (TPSA) is 61.7 Å². The number of carbonyl (C=O) groups is 1. The number of halogens is 4. The lowest BCUT2D eigenvalue weighted by Gasteiger charge is -2.11. The Morgan fingerprint density at radius 2 is 1.95 bits per heavy atom. The zero-order valence-corrected chi connectivity index (χ0v) is 14.2. The van der Waals surface area contributed by atoms with Crippen LogP contribution in [0.1, 0.15) is 25.8 Å². The van der Waals surface area contributed by atoms with E-state index in [4.69, 9.17) is 46.4 Å². The minimum absolute atomic E-state index is 0.105. The molecule has 0 heterocycles. The number of amides is 1. The molecule has 1 amide bonds. The van der Waals surface area contributed by atoms with Gasteiger partial charge in [-0.1, -0.05) is 23.2 Å². The zero-order valence-electron chi connectivity index (χ0n) is 11.2. The fraction of sp³-hybridized carbons (Fsp3) is 0.385. The van der Waals surface area contributed by atoms with Crippen LogP contribution < -0.4 is 5.43 Å². The summed E-state index contributed by atoms with van der Waals surface area (Å²) < 4.78 is -1.07. The van der Waals surface area contributed by atoms with Crippen molar-refractivity contribution in [1.82, 2.24) is 5.43 Å². The number of hydrogen-bond donors (Lipinski definition) is 2. The summed E-state index contributed by atoms with van der Waals surface area (Å²) in [4.78, 5) is 12.0. The fourth-order valence-electron chi connectivity index (χ4n) is 1.81. The molecule has 1 aromatic rings. The Labute approximate surface area is 142 Å². The normalized spacial score (nSPS) is 23.8. The highest BCUT2D eigenvalue weighted by Gasteiger charge is 2.68. The molecule has 1 saturated carbocycles. The van der Waals surface area contributed by atoms with Crippen LogP contribution in [0.2, 0.25) is 10.0 Å². The molecule has 4 nitrogen and oxygen atoms in total. The quantitative estimate of drug-likeness (QED) is 0.478. The number of aromatic hydroxyl groups is 1. The Morgan fingerprint density at radius 1 is 1.38 bits per heavy atom. The monoisotopic (exact) mass is 368 g/mol. The van der Waals surface area contributed by atoms with Crippen LogP contribution in [0.3, 0.4) is 0 Å². The molecule has 0 aliphatic heterocycles. The first kappa shape index (κ1) is 16.7. The van der Waals surface area contributed by atoms with Crippen LogP contribution in [-0.4, -0.2) is 21.1 Å². The van der Waals surface area contributed by atoms with Crippen molar-refractivity contribution in [3.63, 3.8) is 0 Å². The van der Waals surface area contributed by atoms with E-state index in [1.165, 1.54) is 12.1 Å². The molecular weight excluding hydrogens is 358 g/mol. The van der Waals surface area contributed by atoms with Crippen LogP contribution in [0, 0.1) is 5.41 Å². The molecule has 0 saturated heterocycles. The molecule has 1 atom stereocenters. The molecule has 114 valence electrons. The average molecular weight is 370 g/mol. The van der Waals surface area contributed by atoms with Gasteiger partial charge in [0, 0.05) is 10.6 Å². The Balaban J connectivity index is 2.18. The molecule has 1 fully saturated rings. The zero-order chi connectivity index (χ0) is 16.0. The summed E-state index contributed by atoms with van der Waals surface area (Å²) in [5, 5.41) is 14.3. The van der Waals surface area contributed by atoms with E-state index in [0.717, 1.165) is 0 Å². The highest BCUT2D eigenvalue weighted by molar-refractivity contribution is 6.53. The fourth-order valence-corrected chi connectivity index (χ4v) is 3.01. The van der Waals surface area contributed by atoms with E-state index in [0.29, 0.717) is 22.7 Å². The number of rotatable bonds is 3. The first-order valence-corrected chi connectivity index (χ1v) is 7.50. The molecular formula is C13H12Cl4N2O2. The molecule has 0 aromatic heterocycles. The average Bonchev–Trinajstić information content (AvgIpc) is 2.91. The molecule has 2 rings (SSSR count). The van der Waals surface area contributed by atoms with Crippen LogP contribution in [0.25, 0.3) is 0 Å². The third-order valence-corrected chi connectivity index (χ3v) is 5.11. The van der Waals surface area contributed by atoms with Gasteiger partial charge in [-0.25, -0.2) is 5.43 Å². The molecule has 0 bridgehead atoms. The highest BCUT2D eigenvalue weighted by Crippen LogP contribution is 2.63. The van der Waals surface area contributed by atoms with E-state index in [9.17, 15) is 9.90 Å². The molecule has 8 heteroatoms. The summed E-state index contributed by atoms with van der Waals surface area (Å²) in [5.74, 6) is -0.544. The number of carbonyl (C=O) groups excluding carboxylic acids is 1. The van der Waals surface area contributed by atoms with Crippen molar-refractivity contribution in [1.29, 1.82) is 0 Å². The van der Waals surface area contributed by atoms with Crippen molar-refractivity contribution in [2.45, 2.75) is 24.6 Å². The third kappa shape index (κ3) is 3.09. The number of hydrazone groups is 1. The predicted molar refractivity (Wildman–Crippen MR) is 85.6 cm³/mol. The van der Waals surface area contributed by atoms with Gasteiger partial charge in [-0.3, -0.25) is 4.79 Å². The van der Waals surface area contributed by atoms with Crippen molar-refractivity contribution < 1.29 is 9.90 Å². The van der Waals surface area contributed by atoms with Gasteiger partial charge in [-0.05, 0) is 32.4 Å². The number of phenolic OH excluding ortho intramolecular Hbond substituents is 1. The maximum atomic E-state index is 12.0. The van der Waals surface area contributed by atoms with E-state index in [2.05, 4.69) is 10.5 Å². The second kappa shape index (κ2) is 5.51. The molecule has 1 aliphatic rings. The summed E-state index contributed by atoms with van der Waals surface area (Å²) in [5.41, 5.74) is 2.20. The largest absolute Gasteiger partial charge is 0.506 e. The number of alkyl halides is 2. The molecule has 1 unspecified atom stereocenters. The number of nitrogens with one attached hydrogen (secondary N) is 1. The minimum Gasteiger partial charge on any atom is -0.506 e. The first-order valence-electron chi connectivity index (χ1n) is 5.99. The van der Waals surface area contributed by atoms with Gasteiger partial charge in [-0.2, -0.15) is 5.10 Å². The lowest BCUT2D eigenvalue weighted by molar-refractivity contribution is -0.125. The van der Waals surface area contributed by atoms with Gasteiger partial charge in [0.05, 0.1) is 16.1 Å². The van der Waals surface area contributed by atoms with E-state index < -0.39 is 9.75 Å². The van der Waals surface area contributed by atoms with Gasteiger partial charge in [-0.15, -0.1) is 23.2 Å². The Bertz CT molecular complexity index is 645. The molecule has 21 heavy (non-hydrogen) atoms.